The van der Waals surface area contributed by atoms with Crippen molar-refractivity contribution < 1.29 is 9.53 Å². The van der Waals surface area contributed by atoms with E-state index in [1.165, 1.54) is 0 Å². The zero-order valence-corrected chi connectivity index (χ0v) is 12.0. The maximum atomic E-state index is 11.1. The third kappa shape index (κ3) is 3.01. The molecule has 4 heteroatoms. The van der Waals surface area contributed by atoms with Crippen LogP contribution in [0, 0.1) is 10.5 Å². The van der Waals surface area contributed by atoms with Crippen molar-refractivity contribution in [3.05, 3.63) is 57.2 Å². The minimum Gasteiger partial charge on any atom is -0.457 e. The summed E-state index contributed by atoms with van der Waals surface area (Å²) in [7, 11) is 0. The minimum absolute atomic E-state index is 0.423. The van der Waals surface area contributed by atoms with Crippen LogP contribution in [0.1, 0.15) is 15.9 Å². The lowest BCUT2D eigenvalue weighted by Gasteiger charge is -2.08. The average molecular weight is 353 g/mol. The van der Waals surface area contributed by atoms with Gasteiger partial charge in [0.2, 0.25) is 5.91 Å². The van der Waals surface area contributed by atoms with E-state index in [2.05, 4.69) is 22.6 Å². The Morgan fingerprint density at radius 2 is 1.89 bits per heavy atom. The highest BCUT2D eigenvalue weighted by atomic mass is 127. The quantitative estimate of drug-likeness (QED) is 0.859. The molecule has 0 heterocycles. The Hall–Kier alpha value is -1.56. The van der Waals surface area contributed by atoms with Gasteiger partial charge in [0.15, 0.2) is 0 Å². The summed E-state index contributed by atoms with van der Waals surface area (Å²) < 4.78 is 6.82. The van der Waals surface area contributed by atoms with Gasteiger partial charge >= 0.3 is 0 Å². The second kappa shape index (κ2) is 5.39. The molecule has 0 saturated heterocycles. The smallest absolute Gasteiger partial charge is 0.248 e. The largest absolute Gasteiger partial charge is 0.457 e. The monoisotopic (exact) mass is 353 g/mol. The van der Waals surface area contributed by atoms with E-state index in [0.717, 1.165) is 14.9 Å². The Morgan fingerprint density at radius 1 is 1.17 bits per heavy atom. The van der Waals surface area contributed by atoms with E-state index in [1.807, 2.05) is 31.2 Å². The number of ether oxygens (including phenoxy) is 1. The van der Waals surface area contributed by atoms with E-state index in [1.54, 1.807) is 18.2 Å². The number of carbonyl (C=O) groups excluding carboxylic acids is 1. The topological polar surface area (TPSA) is 52.3 Å². The lowest BCUT2D eigenvalue weighted by Crippen LogP contribution is -2.12. The zero-order valence-electron chi connectivity index (χ0n) is 9.81. The summed E-state index contributed by atoms with van der Waals surface area (Å²) in [5.41, 5.74) is 6.59. The molecule has 0 bridgehead atoms. The normalized spacial score (nSPS) is 10.1. The van der Waals surface area contributed by atoms with E-state index < -0.39 is 5.91 Å². The van der Waals surface area contributed by atoms with Gasteiger partial charge < -0.3 is 10.5 Å². The number of primary amides is 1. The molecule has 2 rings (SSSR count). The number of amides is 1. The van der Waals surface area contributed by atoms with Crippen molar-refractivity contribution in [3.8, 4) is 11.5 Å². The maximum Gasteiger partial charge on any atom is 0.248 e. The molecule has 0 spiro atoms. The molecule has 1 amide bonds. The number of benzene rings is 2. The van der Waals surface area contributed by atoms with Gasteiger partial charge in [0.1, 0.15) is 11.5 Å². The number of hydrogen-bond acceptors (Lipinski definition) is 2. The standard InChI is InChI=1S/C14H12INO2/c1-9-7-12(5-6-13(9)14(16)17)18-11-4-2-3-10(15)8-11/h2-8H,1H3,(H2,16,17). The highest BCUT2D eigenvalue weighted by Crippen LogP contribution is 2.24. The van der Waals surface area contributed by atoms with Gasteiger partial charge in [-0.1, -0.05) is 6.07 Å². The molecule has 0 saturated carbocycles. The average Bonchev–Trinajstić information content (AvgIpc) is 2.28. The van der Waals surface area contributed by atoms with Gasteiger partial charge in [0.25, 0.3) is 0 Å². The highest BCUT2D eigenvalue weighted by molar-refractivity contribution is 14.1. The van der Waals surface area contributed by atoms with E-state index in [4.69, 9.17) is 10.5 Å². The fourth-order valence-corrected chi connectivity index (χ4v) is 2.16. The summed E-state index contributed by atoms with van der Waals surface area (Å²) in [5.74, 6) is 1.04. The first-order valence-corrected chi connectivity index (χ1v) is 6.48. The zero-order chi connectivity index (χ0) is 13.1. The molecule has 0 aliphatic heterocycles. The number of nitrogens with two attached hydrogens (primary N) is 1. The van der Waals surface area contributed by atoms with Gasteiger partial charge in [-0.2, -0.15) is 0 Å². The van der Waals surface area contributed by atoms with Gasteiger partial charge in [-0.25, -0.2) is 0 Å². The third-order valence-corrected chi connectivity index (χ3v) is 3.17. The van der Waals surface area contributed by atoms with Crippen LogP contribution in [0.4, 0.5) is 0 Å². The summed E-state index contributed by atoms with van der Waals surface area (Å²) >= 11 is 2.23. The number of rotatable bonds is 3. The molecule has 0 aliphatic rings. The Balaban J connectivity index is 2.25. The summed E-state index contributed by atoms with van der Waals surface area (Å²) in [6, 6.07) is 13.0. The van der Waals surface area contributed by atoms with E-state index in [-0.39, 0.29) is 0 Å². The van der Waals surface area contributed by atoms with Gasteiger partial charge in [-0.15, -0.1) is 0 Å². The van der Waals surface area contributed by atoms with E-state index in [0.29, 0.717) is 11.3 Å². The Bertz CT molecular complexity index is 596. The first-order valence-electron chi connectivity index (χ1n) is 5.40. The van der Waals surface area contributed by atoms with Gasteiger partial charge in [-0.3, -0.25) is 4.79 Å². The second-order valence-corrected chi connectivity index (χ2v) is 5.15. The Morgan fingerprint density at radius 3 is 2.50 bits per heavy atom. The molecule has 0 radical (unpaired) electrons. The molecule has 0 atom stereocenters. The lowest BCUT2D eigenvalue weighted by atomic mass is 10.1. The van der Waals surface area contributed by atoms with Crippen LogP contribution in [0.15, 0.2) is 42.5 Å². The first-order chi connectivity index (χ1) is 8.56. The SMILES string of the molecule is Cc1cc(Oc2cccc(I)c2)ccc1C(N)=O. The molecule has 92 valence electrons. The van der Waals surface area contributed by atoms with E-state index in [9.17, 15) is 4.79 Å². The molecule has 2 aromatic rings. The van der Waals surface area contributed by atoms with E-state index >= 15 is 0 Å². The van der Waals surface area contributed by atoms with Crippen molar-refractivity contribution in [3.63, 3.8) is 0 Å². The van der Waals surface area contributed by atoms with Crippen LogP contribution in [0.5, 0.6) is 11.5 Å². The lowest BCUT2D eigenvalue weighted by molar-refractivity contribution is 0.0999. The van der Waals surface area contributed by atoms with Crippen LogP contribution in [-0.4, -0.2) is 5.91 Å². The molecule has 0 unspecified atom stereocenters. The van der Waals surface area contributed by atoms with Gasteiger partial charge in [0.05, 0.1) is 0 Å². The number of hydrogen-bond donors (Lipinski definition) is 1. The van der Waals surface area contributed by atoms with Gasteiger partial charge in [-0.05, 0) is 71.5 Å². The van der Waals surface area contributed by atoms with Crippen LogP contribution in [0.3, 0.4) is 0 Å². The fourth-order valence-electron chi connectivity index (χ4n) is 1.64. The van der Waals surface area contributed by atoms with Crippen molar-refractivity contribution in [2.45, 2.75) is 6.92 Å². The van der Waals surface area contributed by atoms with Crippen LogP contribution in [0.2, 0.25) is 0 Å². The molecule has 0 fully saturated rings. The van der Waals surface area contributed by atoms with Crippen molar-refractivity contribution in [1.29, 1.82) is 0 Å². The molecule has 2 N–H and O–H groups in total. The first kappa shape index (κ1) is 12.9. The third-order valence-electron chi connectivity index (χ3n) is 2.50. The predicted octanol–water partition coefficient (Wildman–Crippen LogP) is 3.49. The molecule has 0 aliphatic carbocycles. The minimum atomic E-state index is -0.423. The number of carbonyl (C=O) groups is 1. The van der Waals surface area contributed by atoms with Crippen molar-refractivity contribution >= 4 is 28.5 Å². The number of halogens is 1. The molecular formula is C14H12INO2. The molecule has 0 aromatic heterocycles. The van der Waals surface area contributed by atoms with Crippen LogP contribution >= 0.6 is 22.6 Å². The summed E-state index contributed by atoms with van der Waals surface area (Å²) in [5, 5.41) is 0. The highest BCUT2D eigenvalue weighted by Gasteiger charge is 2.06. The molecular weight excluding hydrogens is 341 g/mol. The Kier molecular flexibility index (Phi) is 3.86. The Labute approximate surface area is 119 Å². The summed E-state index contributed by atoms with van der Waals surface area (Å²) in [4.78, 5) is 11.1. The summed E-state index contributed by atoms with van der Waals surface area (Å²) in [6.07, 6.45) is 0. The predicted molar refractivity (Wildman–Crippen MR) is 78.9 cm³/mol. The van der Waals surface area contributed by atoms with Crippen LogP contribution in [0.25, 0.3) is 0 Å². The van der Waals surface area contributed by atoms with Crippen molar-refractivity contribution in [1.82, 2.24) is 0 Å². The van der Waals surface area contributed by atoms with Gasteiger partial charge in [0, 0.05) is 9.13 Å². The summed E-state index contributed by atoms with van der Waals surface area (Å²) in [6.45, 7) is 1.84. The molecule has 2 aromatic carbocycles. The molecule has 18 heavy (non-hydrogen) atoms. The van der Waals surface area contributed by atoms with Crippen molar-refractivity contribution in [2.75, 3.05) is 0 Å². The molecule has 3 nitrogen and oxygen atoms in total. The maximum absolute atomic E-state index is 11.1. The number of aryl methyl sites for hydroxylation is 1. The van der Waals surface area contributed by atoms with Crippen LogP contribution in [-0.2, 0) is 0 Å². The second-order valence-electron chi connectivity index (χ2n) is 3.90. The van der Waals surface area contributed by atoms with Crippen molar-refractivity contribution in [2.24, 2.45) is 5.73 Å². The fraction of sp³-hybridized carbons (Fsp3) is 0.0714. The van der Waals surface area contributed by atoms with Crippen LogP contribution < -0.4 is 10.5 Å².